The van der Waals surface area contributed by atoms with Gasteiger partial charge in [-0.15, -0.1) is 0 Å². The fourth-order valence-corrected chi connectivity index (χ4v) is 2.28. The quantitative estimate of drug-likeness (QED) is 0.681. The molecule has 0 fully saturated rings. The standard InChI is InChI=1S/C14H10O3/c1-8-12-11(6-7-17-8)13(15)9-4-2-3-5-10(9)14(12)16/h2-8H,1H3. The van der Waals surface area contributed by atoms with E-state index in [2.05, 4.69) is 0 Å². The lowest BCUT2D eigenvalue weighted by molar-refractivity contribution is 0.0927. The van der Waals surface area contributed by atoms with Crippen LogP contribution < -0.4 is 0 Å². The molecule has 2 aliphatic rings. The highest BCUT2D eigenvalue weighted by Gasteiger charge is 2.35. The zero-order valence-electron chi connectivity index (χ0n) is 9.27. The van der Waals surface area contributed by atoms with Gasteiger partial charge in [-0.2, -0.15) is 0 Å². The lowest BCUT2D eigenvalue weighted by atomic mass is 9.81. The molecule has 1 aromatic carbocycles. The monoisotopic (exact) mass is 226 g/mol. The van der Waals surface area contributed by atoms with Gasteiger partial charge in [0.2, 0.25) is 0 Å². The predicted octanol–water partition coefficient (Wildman–Crippen LogP) is 2.29. The van der Waals surface area contributed by atoms with Crippen molar-refractivity contribution in [3.63, 3.8) is 0 Å². The fourth-order valence-electron chi connectivity index (χ4n) is 2.28. The number of hydrogen-bond acceptors (Lipinski definition) is 3. The maximum absolute atomic E-state index is 12.3. The number of carbonyl (C=O) groups excluding carboxylic acids is 2. The number of ketones is 2. The Kier molecular flexibility index (Phi) is 2.01. The third-order valence-electron chi connectivity index (χ3n) is 3.12. The summed E-state index contributed by atoms with van der Waals surface area (Å²) in [6, 6.07) is 6.90. The van der Waals surface area contributed by atoms with Gasteiger partial charge in [0, 0.05) is 16.7 Å². The molecule has 0 bridgehead atoms. The van der Waals surface area contributed by atoms with E-state index in [-0.39, 0.29) is 17.7 Å². The van der Waals surface area contributed by atoms with Gasteiger partial charge in [-0.05, 0) is 13.0 Å². The van der Waals surface area contributed by atoms with Gasteiger partial charge in [0.1, 0.15) is 6.10 Å². The summed E-state index contributed by atoms with van der Waals surface area (Å²) in [6.07, 6.45) is 2.69. The number of Topliss-reactive ketones (excluding diaryl/α,β-unsaturated/α-hetero) is 2. The molecule has 84 valence electrons. The normalized spacial score (nSPS) is 22.1. The van der Waals surface area contributed by atoms with E-state index in [4.69, 9.17) is 4.74 Å². The third-order valence-corrected chi connectivity index (χ3v) is 3.12. The zero-order valence-corrected chi connectivity index (χ0v) is 9.27. The number of ether oxygens (including phenoxy) is 1. The molecule has 3 rings (SSSR count). The van der Waals surface area contributed by atoms with Crippen molar-refractivity contribution < 1.29 is 14.3 Å². The van der Waals surface area contributed by atoms with Crippen molar-refractivity contribution in [2.24, 2.45) is 0 Å². The van der Waals surface area contributed by atoms with Gasteiger partial charge in [0.05, 0.1) is 11.8 Å². The van der Waals surface area contributed by atoms with E-state index >= 15 is 0 Å². The molecular weight excluding hydrogens is 216 g/mol. The van der Waals surface area contributed by atoms with Crippen LogP contribution in [0.1, 0.15) is 27.6 Å². The highest BCUT2D eigenvalue weighted by atomic mass is 16.5. The van der Waals surface area contributed by atoms with E-state index in [1.807, 2.05) is 0 Å². The summed E-state index contributed by atoms with van der Waals surface area (Å²) >= 11 is 0. The highest BCUT2D eigenvalue weighted by Crippen LogP contribution is 2.31. The number of benzene rings is 1. The Bertz CT molecular complexity index is 593. The molecule has 1 aliphatic carbocycles. The maximum atomic E-state index is 12.3. The average molecular weight is 226 g/mol. The second-order valence-electron chi connectivity index (χ2n) is 4.11. The Balaban J connectivity index is 2.27. The highest BCUT2D eigenvalue weighted by molar-refractivity contribution is 6.28. The molecule has 0 N–H and O–H groups in total. The molecule has 0 spiro atoms. The van der Waals surface area contributed by atoms with Gasteiger partial charge in [-0.3, -0.25) is 9.59 Å². The van der Waals surface area contributed by atoms with Crippen molar-refractivity contribution >= 4 is 11.6 Å². The van der Waals surface area contributed by atoms with Gasteiger partial charge >= 0.3 is 0 Å². The molecule has 0 amide bonds. The van der Waals surface area contributed by atoms with E-state index in [1.54, 1.807) is 37.3 Å². The Hall–Kier alpha value is -2.16. The first-order valence-corrected chi connectivity index (χ1v) is 5.45. The zero-order chi connectivity index (χ0) is 12.0. The third kappa shape index (κ3) is 1.29. The molecule has 3 heteroatoms. The van der Waals surface area contributed by atoms with E-state index in [0.29, 0.717) is 22.3 Å². The second-order valence-corrected chi connectivity index (χ2v) is 4.11. The summed E-state index contributed by atoms with van der Waals surface area (Å²) < 4.78 is 5.27. The summed E-state index contributed by atoms with van der Waals surface area (Å²) in [5.74, 6) is -0.200. The summed E-state index contributed by atoms with van der Waals surface area (Å²) in [5.41, 5.74) is 1.89. The van der Waals surface area contributed by atoms with Crippen molar-refractivity contribution in [2.75, 3.05) is 0 Å². The van der Waals surface area contributed by atoms with E-state index in [9.17, 15) is 9.59 Å². The Morgan fingerprint density at radius 3 is 2.41 bits per heavy atom. The topological polar surface area (TPSA) is 43.4 Å². The molecule has 1 heterocycles. The number of hydrogen-bond donors (Lipinski definition) is 0. The molecule has 17 heavy (non-hydrogen) atoms. The smallest absolute Gasteiger partial charge is 0.194 e. The molecule has 1 aliphatic heterocycles. The van der Waals surface area contributed by atoms with Crippen molar-refractivity contribution in [2.45, 2.75) is 13.0 Å². The largest absolute Gasteiger partial charge is 0.493 e. The van der Waals surface area contributed by atoms with Gasteiger partial charge in [0.15, 0.2) is 11.6 Å². The van der Waals surface area contributed by atoms with Gasteiger partial charge < -0.3 is 4.74 Å². The van der Waals surface area contributed by atoms with Crippen molar-refractivity contribution in [3.05, 3.63) is 58.9 Å². The number of carbonyl (C=O) groups is 2. The summed E-state index contributed by atoms with van der Waals surface area (Å²) in [7, 11) is 0. The average Bonchev–Trinajstić information content (AvgIpc) is 2.36. The minimum atomic E-state index is -0.361. The Morgan fingerprint density at radius 2 is 1.71 bits per heavy atom. The molecule has 0 saturated heterocycles. The number of fused-ring (bicyclic) bond motifs is 1. The lowest BCUT2D eigenvalue weighted by Crippen LogP contribution is -2.29. The van der Waals surface area contributed by atoms with Gasteiger partial charge in [-0.25, -0.2) is 0 Å². The van der Waals surface area contributed by atoms with Crippen LogP contribution in [-0.2, 0) is 4.74 Å². The first-order chi connectivity index (χ1) is 8.20. The van der Waals surface area contributed by atoms with Crippen LogP contribution in [0.25, 0.3) is 0 Å². The van der Waals surface area contributed by atoms with Crippen LogP contribution in [0.2, 0.25) is 0 Å². The van der Waals surface area contributed by atoms with Crippen LogP contribution in [0.3, 0.4) is 0 Å². The van der Waals surface area contributed by atoms with Gasteiger partial charge in [-0.1, -0.05) is 24.3 Å². The van der Waals surface area contributed by atoms with E-state index in [0.717, 1.165) is 0 Å². The SMILES string of the molecule is CC1OC=CC2=C1C(=O)c1ccccc1C2=O. The number of allylic oxidation sites excluding steroid dienone is 2. The molecular formula is C14H10O3. The molecule has 1 atom stereocenters. The van der Waals surface area contributed by atoms with Crippen molar-refractivity contribution in [1.29, 1.82) is 0 Å². The van der Waals surface area contributed by atoms with Crippen molar-refractivity contribution in [1.82, 2.24) is 0 Å². The minimum absolute atomic E-state index is 0.0957. The molecule has 0 saturated carbocycles. The summed E-state index contributed by atoms with van der Waals surface area (Å²) in [5, 5.41) is 0. The van der Waals surface area contributed by atoms with Crippen LogP contribution >= 0.6 is 0 Å². The number of rotatable bonds is 0. The summed E-state index contributed by atoms with van der Waals surface area (Å²) in [6.45, 7) is 1.78. The van der Waals surface area contributed by atoms with Crippen LogP contribution in [0.15, 0.2) is 47.7 Å². The van der Waals surface area contributed by atoms with Crippen molar-refractivity contribution in [3.8, 4) is 0 Å². The van der Waals surface area contributed by atoms with Crippen LogP contribution in [0, 0.1) is 0 Å². The Morgan fingerprint density at radius 1 is 1.06 bits per heavy atom. The van der Waals surface area contributed by atoms with Crippen LogP contribution in [0.5, 0.6) is 0 Å². The van der Waals surface area contributed by atoms with Crippen LogP contribution in [0.4, 0.5) is 0 Å². The molecule has 3 nitrogen and oxygen atoms in total. The minimum Gasteiger partial charge on any atom is -0.493 e. The molecule has 1 unspecified atom stereocenters. The van der Waals surface area contributed by atoms with Gasteiger partial charge in [0.25, 0.3) is 0 Å². The Labute approximate surface area is 98.4 Å². The van der Waals surface area contributed by atoms with Crippen LogP contribution in [-0.4, -0.2) is 17.7 Å². The van der Waals surface area contributed by atoms with E-state index < -0.39 is 0 Å². The lowest BCUT2D eigenvalue weighted by Gasteiger charge is -2.25. The first kappa shape index (κ1) is 10.0. The second kappa shape index (κ2) is 3.42. The summed E-state index contributed by atoms with van der Waals surface area (Å²) in [4.78, 5) is 24.5. The predicted molar refractivity (Wildman–Crippen MR) is 61.8 cm³/mol. The van der Waals surface area contributed by atoms with E-state index in [1.165, 1.54) is 6.26 Å². The molecule has 0 radical (unpaired) electrons. The maximum Gasteiger partial charge on any atom is 0.194 e. The first-order valence-electron chi connectivity index (χ1n) is 5.45. The molecule has 1 aromatic rings. The fraction of sp³-hybridized carbons (Fsp3) is 0.143. The molecule has 0 aromatic heterocycles.